The fourth-order valence-corrected chi connectivity index (χ4v) is 18.8. The van der Waals surface area contributed by atoms with Crippen molar-refractivity contribution in [2.75, 3.05) is 28.4 Å². The van der Waals surface area contributed by atoms with Crippen LogP contribution in [0.2, 0.25) is 0 Å². The van der Waals surface area contributed by atoms with Gasteiger partial charge in [-0.15, -0.1) is 0 Å². The molecule has 6 rings (SSSR count). The van der Waals surface area contributed by atoms with Gasteiger partial charge in [0.25, 0.3) is 0 Å². The van der Waals surface area contributed by atoms with Crippen LogP contribution < -0.4 is 18.9 Å². The van der Waals surface area contributed by atoms with Crippen molar-refractivity contribution in [2.24, 2.45) is 0 Å². The van der Waals surface area contributed by atoms with Crippen LogP contribution in [0.25, 0.3) is 0 Å². The quantitative estimate of drug-likeness (QED) is 0.156. The summed E-state index contributed by atoms with van der Waals surface area (Å²) >= 11 is 0. The van der Waals surface area contributed by atoms with Gasteiger partial charge in [0, 0.05) is 0 Å². The molecule has 2 heterocycles. The van der Waals surface area contributed by atoms with Crippen molar-refractivity contribution in [3.05, 3.63) is 115 Å². The van der Waals surface area contributed by atoms with E-state index < -0.39 is 18.3 Å². The van der Waals surface area contributed by atoms with Crippen LogP contribution in [-0.4, -0.2) is 59.2 Å². The molecule has 5 nitrogen and oxygen atoms in total. The molecule has 4 aromatic carbocycles. The normalized spacial score (nSPS) is 18.1. The fourth-order valence-electron chi connectivity index (χ4n) is 14.1. The molecule has 0 spiro atoms. The third kappa shape index (κ3) is 11.8. The summed E-state index contributed by atoms with van der Waals surface area (Å²) < 4.78 is 26.8. The first-order valence-corrected chi connectivity index (χ1v) is 32.1. The Bertz CT molecular complexity index is 2480. The van der Waals surface area contributed by atoms with Crippen LogP contribution in [-0.2, 0) is 53.4 Å². The fraction of sp³-hybridized carbons (Fsp3) is 0.671. The van der Waals surface area contributed by atoms with Crippen molar-refractivity contribution in [3.63, 3.8) is 0 Å². The molecule has 4 aromatic rings. The van der Waals surface area contributed by atoms with E-state index in [0.717, 1.165) is 48.7 Å². The van der Waals surface area contributed by atoms with E-state index in [4.69, 9.17) is 18.9 Å². The first kappa shape index (κ1) is 65.3. The number of methoxy groups -OCH3 is 4. The molecule has 0 aliphatic carbocycles. The van der Waals surface area contributed by atoms with Gasteiger partial charge in [-0.05, 0) is 0 Å². The first-order valence-electron chi connectivity index (χ1n) is 30.5. The summed E-state index contributed by atoms with van der Waals surface area (Å²) in [4.78, 5) is 2.92. The summed E-state index contributed by atoms with van der Waals surface area (Å²) in [6, 6.07) is 21.1. The second-order valence-corrected chi connectivity index (χ2v) is 36.9. The van der Waals surface area contributed by atoms with Gasteiger partial charge in [0.2, 0.25) is 0 Å². The predicted octanol–water partition coefficient (Wildman–Crippen LogP) is 18.9. The Morgan fingerprint density at radius 1 is 0.325 bits per heavy atom. The number of piperidine rings is 1. The van der Waals surface area contributed by atoms with Crippen LogP contribution in [0.4, 0.5) is 0 Å². The van der Waals surface area contributed by atoms with Gasteiger partial charge in [0.1, 0.15) is 0 Å². The molecular formula is C73H114BNO4Si. The monoisotopic (exact) mass is 1110 g/mol. The van der Waals surface area contributed by atoms with Gasteiger partial charge in [-0.25, -0.2) is 0 Å². The number of nitrogens with zero attached hydrogens (tertiary/aromatic N) is 1. The molecule has 7 heteroatoms. The molecule has 0 bridgehead atoms. The molecule has 0 radical (unpaired) electrons. The van der Waals surface area contributed by atoms with Gasteiger partial charge in [-0.2, -0.15) is 0 Å². The Hall–Kier alpha value is -3.84. The SMILES string of the molecule is COc1c(C(C)(C)C)cc(C2(c3cc(C(C)(C)C)c(OC)c(C(C)(C)C)c3)CCC(c3cc(C(C)(C)C)c(OC)c(C(C)(C)C)c3)(c3cc(C(C)(C)C)c(OC)c(C(C)(C)C)c3)[Si]2=BN2C(C)(C)CCCC2(C)C)cc1C(C)(C)C. The second-order valence-electron chi connectivity index (χ2n) is 34.1. The maximum atomic E-state index is 6.70. The van der Waals surface area contributed by atoms with E-state index in [2.05, 4.69) is 254 Å². The van der Waals surface area contributed by atoms with Gasteiger partial charge in [0.15, 0.2) is 0 Å². The van der Waals surface area contributed by atoms with Gasteiger partial charge >= 0.3 is 496 Å². The molecule has 0 amide bonds. The van der Waals surface area contributed by atoms with E-state index in [1.165, 1.54) is 73.2 Å². The van der Waals surface area contributed by atoms with Crippen LogP contribution in [0.1, 0.15) is 293 Å². The standard InChI is InChI=1S/C73H114BNO4Si/c1-62(2,3)50-38-46(39-51(58(50)76-29)63(4,5)6)72(47-40-52(64(7,8)9)59(77-30)53(41-47)65(10,11)12)36-37-73(80(72)74-75-70(25,26)34-33-35-71(75,27)28,48-42-54(66(13,14)15)60(78-31)55(43-48)67(16,17)18)49-44-56(68(19,20)21)61(79-32)57(45-49)69(22,23)24/h38-45H,33-37H2,1-32H3. The first-order chi connectivity index (χ1) is 36.0. The maximum absolute atomic E-state index is 6.70. The molecule has 2 saturated heterocycles. The molecule has 0 aromatic heterocycles. The number of benzene rings is 4. The molecule has 2 fully saturated rings. The predicted molar refractivity (Wildman–Crippen MR) is 348 cm³/mol. The van der Waals surface area contributed by atoms with Gasteiger partial charge in [-0.3, -0.25) is 0 Å². The minimum atomic E-state index is -2.09. The van der Waals surface area contributed by atoms with Gasteiger partial charge in [0.05, 0.1) is 0 Å². The van der Waals surface area contributed by atoms with Gasteiger partial charge < -0.3 is 0 Å². The number of hydrogen-bond acceptors (Lipinski definition) is 5. The number of ether oxygens (including phenoxy) is 4. The molecular weight excluding hydrogens is 994 g/mol. The topological polar surface area (TPSA) is 40.2 Å². The van der Waals surface area contributed by atoms with E-state index in [9.17, 15) is 0 Å². The van der Waals surface area contributed by atoms with Crippen molar-refractivity contribution in [3.8, 4) is 23.0 Å². The van der Waals surface area contributed by atoms with Crippen LogP contribution in [0.5, 0.6) is 23.0 Å². The average molecular weight is 1110 g/mol. The Morgan fingerprint density at radius 2 is 0.500 bits per heavy atom. The second kappa shape index (κ2) is 21.0. The zero-order chi connectivity index (χ0) is 61.1. The van der Waals surface area contributed by atoms with E-state index >= 15 is 0 Å². The summed E-state index contributed by atoms with van der Waals surface area (Å²) in [5.74, 6) is 4.02. The summed E-state index contributed by atoms with van der Waals surface area (Å²) in [5, 5.41) is -1.08. The molecule has 0 saturated carbocycles. The summed E-state index contributed by atoms with van der Waals surface area (Å²) in [6.07, 6.45) is 5.25. The molecule has 442 valence electrons. The van der Waals surface area contributed by atoms with E-state index in [1.54, 1.807) is 0 Å². The van der Waals surface area contributed by atoms with Crippen molar-refractivity contribution in [2.45, 2.75) is 290 Å². The minimum absolute atomic E-state index is 0.125. The van der Waals surface area contributed by atoms with Crippen molar-refractivity contribution in [1.29, 1.82) is 0 Å². The number of rotatable bonds is 9. The van der Waals surface area contributed by atoms with E-state index in [-0.39, 0.29) is 54.4 Å². The van der Waals surface area contributed by atoms with Crippen LogP contribution in [0.15, 0.2) is 48.5 Å². The summed E-state index contributed by atoms with van der Waals surface area (Å²) in [5.41, 5.74) is 13.4. The zero-order valence-corrected chi connectivity index (χ0v) is 58.3. The third-order valence-corrected chi connectivity index (χ3v) is 22.6. The van der Waals surface area contributed by atoms with Crippen LogP contribution in [0, 0.1) is 0 Å². The Balaban J connectivity index is 2.18. The van der Waals surface area contributed by atoms with Gasteiger partial charge in [-0.1, -0.05) is 0 Å². The van der Waals surface area contributed by atoms with Crippen LogP contribution >= 0.6 is 0 Å². The summed E-state index contributed by atoms with van der Waals surface area (Å²) in [7, 11) is 5.47. The zero-order valence-electron chi connectivity index (χ0n) is 57.3. The third-order valence-electron chi connectivity index (χ3n) is 18.5. The molecule has 0 unspecified atom stereocenters. The Morgan fingerprint density at radius 3 is 0.650 bits per heavy atom. The Labute approximate surface area is 493 Å². The molecule has 2 aliphatic heterocycles. The molecule has 0 N–H and O–H groups in total. The van der Waals surface area contributed by atoms with Crippen LogP contribution in [0.3, 0.4) is 0 Å². The van der Waals surface area contributed by atoms with E-state index in [0.29, 0.717) is 0 Å². The van der Waals surface area contributed by atoms with E-state index in [1.807, 2.05) is 28.4 Å². The molecule has 80 heavy (non-hydrogen) atoms. The van der Waals surface area contributed by atoms with Crippen molar-refractivity contribution in [1.82, 2.24) is 4.81 Å². The van der Waals surface area contributed by atoms with Crippen molar-refractivity contribution < 1.29 is 18.9 Å². The molecule has 2 aliphatic rings. The van der Waals surface area contributed by atoms with Crippen molar-refractivity contribution >= 4 is 14.9 Å². The average Bonchev–Trinajstić information content (AvgIpc) is 3.64. The number of hydrogen-bond donors (Lipinski definition) is 0. The Kier molecular flexibility index (Phi) is 17.2. The molecule has 0 atom stereocenters. The summed E-state index contributed by atoms with van der Waals surface area (Å²) in [6.45, 7) is 70.2.